The number of anilines is 1. The SMILES string of the molecule is O=[N+]([O-])c1cnn(CC(O)CNc2ccc(Cl)c(Cl)c2)c1. The third-order valence-corrected chi connectivity index (χ3v) is 3.43. The van der Waals surface area contributed by atoms with E-state index in [0.29, 0.717) is 10.0 Å². The summed E-state index contributed by atoms with van der Waals surface area (Å²) < 4.78 is 1.32. The molecule has 112 valence electrons. The van der Waals surface area contributed by atoms with Crippen LogP contribution in [-0.4, -0.2) is 32.5 Å². The first-order chi connectivity index (χ1) is 9.95. The molecule has 0 spiro atoms. The summed E-state index contributed by atoms with van der Waals surface area (Å²) in [4.78, 5) is 9.99. The molecule has 0 aliphatic carbocycles. The van der Waals surface area contributed by atoms with Crippen molar-refractivity contribution in [2.75, 3.05) is 11.9 Å². The highest BCUT2D eigenvalue weighted by atomic mass is 35.5. The van der Waals surface area contributed by atoms with E-state index in [4.69, 9.17) is 23.2 Å². The van der Waals surface area contributed by atoms with Crippen LogP contribution >= 0.6 is 23.2 Å². The summed E-state index contributed by atoms with van der Waals surface area (Å²) in [7, 11) is 0. The van der Waals surface area contributed by atoms with E-state index in [1.165, 1.54) is 10.9 Å². The van der Waals surface area contributed by atoms with Gasteiger partial charge in [-0.2, -0.15) is 5.10 Å². The molecule has 2 aromatic rings. The fraction of sp³-hybridized carbons (Fsp3) is 0.250. The van der Waals surface area contributed by atoms with E-state index in [-0.39, 0.29) is 18.8 Å². The smallest absolute Gasteiger partial charge is 0.306 e. The van der Waals surface area contributed by atoms with Gasteiger partial charge in [-0.15, -0.1) is 0 Å². The van der Waals surface area contributed by atoms with Gasteiger partial charge in [0.05, 0.1) is 27.6 Å². The van der Waals surface area contributed by atoms with E-state index in [9.17, 15) is 15.2 Å². The second-order valence-corrected chi connectivity index (χ2v) is 5.16. The highest BCUT2D eigenvalue weighted by molar-refractivity contribution is 6.42. The van der Waals surface area contributed by atoms with E-state index < -0.39 is 11.0 Å². The van der Waals surface area contributed by atoms with Crippen LogP contribution in [0.5, 0.6) is 0 Å². The molecule has 1 aromatic carbocycles. The number of nitro groups is 1. The van der Waals surface area contributed by atoms with Gasteiger partial charge in [-0.05, 0) is 18.2 Å². The van der Waals surface area contributed by atoms with E-state index in [2.05, 4.69) is 10.4 Å². The number of aliphatic hydroxyl groups is 1. The van der Waals surface area contributed by atoms with E-state index in [1.807, 2.05) is 0 Å². The highest BCUT2D eigenvalue weighted by Crippen LogP contribution is 2.24. The third-order valence-electron chi connectivity index (χ3n) is 2.69. The van der Waals surface area contributed by atoms with Crippen LogP contribution in [0.4, 0.5) is 11.4 Å². The van der Waals surface area contributed by atoms with Crippen LogP contribution < -0.4 is 5.32 Å². The summed E-state index contributed by atoms with van der Waals surface area (Å²) in [6, 6.07) is 5.03. The van der Waals surface area contributed by atoms with Gasteiger partial charge in [-0.1, -0.05) is 23.2 Å². The quantitative estimate of drug-likeness (QED) is 0.627. The normalized spacial score (nSPS) is 12.1. The lowest BCUT2D eigenvalue weighted by atomic mass is 10.3. The van der Waals surface area contributed by atoms with Crippen LogP contribution in [0, 0.1) is 10.1 Å². The first-order valence-electron chi connectivity index (χ1n) is 5.99. The fourth-order valence-electron chi connectivity index (χ4n) is 1.67. The molecular weight excluding hydrogens is 319 g/mol. The van der Waals surface area contributed by atoms with Gasteiger partial charge < -0.3 is 10.4 Å². The Balaban J connectivity index is 1.87. The van der Waals surface area contributed by atoms with Crippen molar-refractivity contribution in [3.63, 3.8) is 0 Å². The fourth-order valence-corrected chi connectivity index (χ4v) is 1.97. The molecule has 7 nitrogen and oxygen atoms in total. The second kappa shape index (κ2) is 6.75. The second-order valence-electron chi connectivity index (χ2n) is 4.34. The molecule has 0 radical (unpaired) electrons. The Morgan fingerprint density at radius 1 is 1.43 bits per heavy atom. The maximum absolute atomic E-state index is 10.5. The predicted molar refractivity (Wildman–Crippen MR) is 79.8 cm³/mol. The van der Waals surface area contributed by atoms with Crippen LogP contribution in [0.25, 0.3) is 0 Å². The first kappa shape index (κ1) is 15.6. The zero-order chi connectivity index (χ0) is 15.4. The number of hydrogen-bond acceptors (Lipinski definition) is 5. The van der Waals surface area contributed by atoms with Crippen molar-refractivity contribution >= 4 is 34.6 Å². The van der Waals surface area contributed by atoms with Crippen molar-refractivity contribution in [2.45, 2.75) is 12.6 Å². The maximum atomic E-state index is 10.5. The number of nitrogens with one attached hydrogen (secondary N) is 1. The molecule has 1 aromatic heterocycles. The molecule has 21 heavy (non-hydrogen) atoms. The summed E-state index contributed by atoms with van der Waals surface area (Å²) in [5, 5.41) is 28.1. The van der Waals surface area contributed by atoms with Crippen LogP contribution in [-0.2, 0) is 6.54 Å². The highest BCUT2D eigenvalue weighted by Gasteiger charge is 2.12. The standard InChI is InChI=1S/C12H12Cl2N4O3/c13-11-2-1-8(3-12(11)14)15-5-10(19)7-17-6-9(4-16-17)18(20)21/h1-4,6,10,15,19H,5,7H2. The minimum atomic E-state index is -0.765. The topological polar surface area (TPSA) is 93.2 Å². The van der Waals surface area contributed by atoms with Crippen molar-refractivity contribution in [3.8, 4) is 0 Å². The van der Waals surface area contributed by atoms with E-state index in [1.54, 1.807) is 18.2 Å². The Hall–Kier alpha value is -1.83. The van der Waals surface area contributed by atoms with Gasteiger partial charge in [-0.3, -0.25) is 14.8 Å². The Morgan fingerprint density at radius 2 is 2.19 bits per heavy atom. The van der Waals surface area contributed by atoms with Crippen molar-refractivity contribution in [1.29, 1.82) is 0 Å². The van der Waals surface area contributed by atoms with Crippen LogP contribution in [0.1, 0.15) is 0 Å². The maximum Gasteiger partial charge on any atom is 0.306 e. The van der Waals surface area contributed by atoms with E-state index >= 15 is 0 Å². The molecule has 2 N–H and O–H groups in total. The minimum absolute atomic E-state index is 0.111. The lowest BCUT2D eigenvalue weighted by molar-refractivity contribution is -0.385. The Morgan fingerprint density at radius 3 is 2.81 bits per heavy atom. The summed E-state index contributed by atoms with van der Waals surface area (Å²) in [6.45, 7) is 0.383. The Kier molecular flexibility index (Phi) is 5.00. The van der Waals surface area contributed by atoms with Crippen molar-refractivity contribution in [2.24, 2.45) is 0 Å². The van der Waals surface area contributed by atoms with Gasteiger partial charge in [0.25, 0.3) is 0 Å². The molecule has 0 fully saturated rings. The Labute approximate surface area is 130 Å². The summed E-state index contributed by atoms with van der Waals surface area (Å²) in [6.07, 6.45) is 1.64. The van der Waals surface area contributed by atoms with Gasteiger partial charge in [0.2, 0.25) is 0 Å². The summed E-state index contributed by atoms with van der Waals surface area (Å²) in [5.74, 6) is 0. The lowest BCUT2D eigenvalue weighted by Gasteiger charge is -2.13. The Bertz CT molecular complexity index is 647. The summed E-state index contributed by atoms with van der Waals surface area (Å²) >= 11 is 11.7. The molecule has 0 saturated carbocycles. The monoisotopic (exact) mass is 330 g/mol. The van der Waals surface area contributed by atoms with Crippen LogP contribution in [0.15, 0.2) is 30.6 Å². The number of benzene rings is 1. The van der Waals surface area contributed by atoms with Crippen LogP contribution in [0.2, 0.25) is 10.0 Å². The number of hydrogen-bond donors (Lipinski definition) is 2. The van der Waals surface area contributed by atoms with Gasteiger partial charge in [-0.25, -0.2) is 0 Å². The predicted octanol–water partition coefficient (Wildman–Crippen LogP) is 2.57. The number of aliphatic hydroxyl groups excluding tert-OH is 1. The number of nitrogens with zero attached hydrogens (tertiary/aromatic N) is 3. The molecule has 9 heteroatoms. The molecule has 0 saturated heterocycles. The van der Waals surface area contributed by atoms with E-state index in [0.717, 1.165) is 11.9 Å². The first-order valence-corrected chi connectivity index (χ1v) is 6.75. The van der Waals surface area contributed by atoms with Gasteiger partial charge >= 0.3 is 5.69 Å². The number of rotatable bonds is 6. The molecule has 1 atom stereocenters. The van der Waals surface area contributed by atoms with Crippen molar-refractivity contribution < 1.29 is 10.0 Å². The zero-order valence-corrected chi connectivity index (χ0v) is 12.3. The van der Waals surface area contributed by atoms with Crippen LogP contribution in [0.3, 0.4) is 0 Å². The number of aromatic nitrogens is 2. The largest absolute Gasteiger partial charge is 0.389 e. The van der Waals surface area contributed by atoms with Gasteiger partial charge in [0, 0.05) is 12.2 Å². The minimum Gasteiger partial charge on any atom is -0.389 e. The molecule has 1 heterocycles. The molecule has 2 rings (SSSR count). The zero-order valence-electron chi connectivity index (χ0n) is 10.7. The average Bonchev–Trinajstić information content (AvgIpc) is 2.89. The number of halogens is 2. The van der Waals surface area contributed by atoms with Crippen molar-refractivity contribution in [1.82, 2.24) is 9.78 Å². The van der Waals surface area contributed by atoms with Gasteiger partial charge in [0.1, 0.15) is 12.4 Å². The third kappa shape index (κ3) is 4.32. The summed E-state index contributed by atoms with van der Waals surface area (Å²) in [5.41, 5.74) is 0.606. The molecule has 0 bridgehead atoms. The lowest BCUT2D eigenvalue weighted by Crippen LogP contribution is -2.25. The molecular formula is C12H12Cl2N4O3. The van der Waals surface area contributed by atoms with Gasteiger partial charge in [0.15, 0.2) is 0 Å². The molecule has 1 unspecified atom stereocenters. The molecule has 0 aliphatic heterocycles. The molecule has 0 aliphatic rings. The average molecular weight is 331 g/mol. The van der Waals surface area contributed by atoms with Crippen molar-refractivity contribution in [3.05, 3.63) is 50.8 Å². The molecule has 0 amide bonds.